The average molecular weight is 378 g/mol. The van der Waals surface area contributed by atoms with Gasteiger partial charge in [-0.25, -0.2) is 16.8 Å². The molecule has 1 unspecified atom stereocenters. The van der Waals surface area contributed by atoms with E-state index in [4.69, 9.17) is 11.6 Å². The van der Waals surface area contributed by atoms with Crippen molar-refractivity contribution in [3.63, 3.8) is 0 Å². The van der Waals surface area contributed by atoms with Gasteiger partial charge in [0.15, 0.2) is 9.84 Å². The Morgan fingerprint density at radius 1 is 1.30 bits per heavy atom. The molecule has 1 heterocycles. The molecule has 1 fully saturated rings. The maximum atomic E-state index is 12.6. The Balaban J connectivity index is 2.21. The lowest BCUT2D eigenvalue weighted by molar-refractivity contribution is 0.345. The van der Waals surface area contributed by atoms with Gasteiger partial charge in [0.1, 0.15) is 0 Å². The van der Waals surface area contributed by atoms with Gasteiger partial charge in [0.2, 0.25) is 10.0 Å². The van der Waals surface area contributed by atoms with Crippen LogP contribution in [0, 0.1) is 0 Å². The Morgan fingerprint density at radius 3 is 2.48 bits per heavy atom. The first-order valence-electron chi connectivity index (χ1n) is 7.39. The number of sulfone groups is 1. The fourth-order valence-electron chi connectivity index (χ4n) is 2.56. The van der Waals surface area contributed by atoms with Gasteiger partial charge in [-0.2, -0.15) is 4.31 Å². The predicted octanol–water partition coefficient (Wildman–Crippen LogP) is 2.54. The van der Waals surface area contributed by atoms with Crippen molar-refractivity contribution in [1.82, 2.24) is 4.31 Å². The third-order valence-electron chi connectivity index (χ3n) is 3.69. The smallest absolute Gasteiger partial charge is 0.229 e. The van der Waals surface area contributed by atoms with Gasteiger partial charge in [-0.05, 0) is 36.6 Å². The maximum absolute atomic E-state index is 12.6. The molecule has 0 aliphatic carbocycles. The quantitative estimate of drug-likeness (QED) is 0.763. The topological polar surface area (TPSA) is 71.5 Å². The molecule has 0 saturated carbocycles. The minimum absolute atomic E-state index is 0.0499. The first-order chi connectivity index (χ1) is 10.7. The van der Waals surface area contributed by atoms with E-state index in [0.29, 0.717) is 30.0 Å². The fraction of sp³-hybridized carbons (Fsp3) is 0.467. The summed E-state index contributed by atoms with van der Waals surface area (Å²) in [5, 5.41) is 1.71. The van der Waals surface area contributed by atoms with Gasteiger partial charge in [0.25, 0.3) is 0 Å². The van der Waals surface area contributed by atoms with Crippen molar-refractivity contribution in [3.05, 3.63) is 40.3 Å². The van der Waals surface area contributed by atoms with E-state index >= 15 is 0 Å². The number of sulfonamides is 1. The summed E-state index contributed by atoms with van der Waals surface area (Å²) in [6.07, 6.45) is 2.48. The van der Waals surface area contributed by atoms with Crippen LogP contribution in [0.1, 0.15) is 25.3 Å². The van der Waals surface area contributed by atoms with Crippen LogP contribution in [-0.4, -0.2) is 45.2 Å². The monoisotopic (exact) mass is 377 g/mol. The van der Waals surface area contributed by atoms with Crippen molar-refractivity contribution in [2.75, 3.05) is 18.1 Å². The molecule has 1 aliphatic heterocycles. The minimum atomic E-state index is -3.67. The molecule has 0 amide bonds. The zero-order chi connectivity index (χ0) is 17.1. The van der Waals surface area contributed by atoms with Crippen molar-refractivity contribution in [3.8, 4) is 0 Å². The molecule has 23 heavy (non-hydrogen) atoms. The van der Waals surface area contributed by atoms with Crippen LogP contribution in [0.5, 0.6) is 0 Å². The predicted molar refractivity (Wildman–Crippen MR) is 93.5 cm³/mol. The molecule has 8 heteroatoms. The van der Waals surface area contributed by atoms with Crippen molar-refractivity contribution in [2.24, 2.45) is 0 Å². The minimum Gasteiger partial charge on any atom is -0.229 e. The lowest BCUT2D eigenvalue weighted by Crippen LogP contribution is -2.40. The molecule has 1 aromatic carbocycles. The Hall–Kier alpha value is -0.890. The zero-order valence-corrected chi connectivity index (χ0v) is 15.2. The molecular formula is C15H20ClNO4S2. The molecule has 0 bridgehead atoms. The van der Waals surface area contributed by atoms with E-state index in [1.54, 1.807) is 24.3 Å². The second kappa shape index (κ2) is 7.34. The second-order valence-corrected chi connectivity index (χ2v) is 10.0. The third kappa shape index (κ3) is 5.04. The van der Waals surface area contributed by atoms with E-state index < -0.39 is 25.9 Å². The first-order valence-corrected chi connectivity index (χ1v) is 11.1. The van der Waals surface area contributed by atoms with Crippen LogP contribution < -0.4 is 0 Å². The van der Waals surface area contributed by atoms with Gasteiger partial charge in [-0.15, -0.1) is 0 Å². The molecule has 0 spiro atoms. The van der Waals surface area contributed by atoms with Crippen LogP contribution in [-0.2, 0) is 19.9 Å². The van der Waals surface area contributed by atoms with Gasteiger partial charge in [0.05, 0.1) is 11.5 Å². The highest BCUT2D eigenvalue weighted by molar-refractivity contribution is 7.93. The number of benzene rings is 1. The SMILES string of the molecule is CCCN(C1CCS(=O)(=O)C1)S(=O)(=O)/C=C/c1ccc(Cl)cc1. The summed E-state index contributed by atoms with van der Waals surface area (Å²) in [5.74, 6) is -0.0463. The number of rotatable bonds is 6. The molecule has 1 saturated heterocycles. The van der Waals surface area contributed by atoms with Crippen LogP contribution in [0.25, 0.3) is 6.08 Å². The summed E-state index contributed by atoms with van der Waals surface area (Å²) < 4.78 is 49.7. The van der Waals surface area contributed by atoms with Crippen molar-refractivity contribution < 1.29 is 16.8 Å². The highest BCUT2D eigenvalue weighted by Crippen LogP contribution is 2.22. The van der Waals surface area contributed by atoms with Gasteiger partial charge in [0, 0.05) is 23.0 Å². The van der Waals surface area contributed by atoms with E-state index in [1.807, 2.05) is 6.92 Å². The molecule has 128 valence electrons. The van der Waals surface area contributed by atoms with Crippen molar-refractivity contribution in [1.29, 1.82) is 0 Å². The van der Waals surface area contributed by atoms with Crippen LogP contribution in [0.2, 0.25) is 5.02 Å². The van der Waals surface area contributed by atoms with Crippen molar-refractivity contribution >= 4 is 37.5 Å². The molecule has 2 rings (SSSR count). The summed E-state index contributed by atoms with van der Waals surface area (Å²) in [6.45, 7) is 2.18. The second-order valence-electron chi connectivity index (χ2n) is 5.57. The van der Waals surface area contributed by atoms with Crippen molar-refractivity contribution in [2.45, 2.75) is 25.8 Å². The van der Waals surface area contributed by atoms with E-state index in [-0.39, 0.29) is 11.5 Å². The summed E-state index contributed by atoms with van der Waals surface area (Å²) in [4.78, 5) is 0. The Labute approximate surface area is 142 Å². The molecule has 0 radical (unpaired) electrons. The van der Waals surface area contributed by atoms with E-state index in [0.717, 1.165) is 5.41 Å². The first kappa shape index (κ1) is 18.4. The maximum Gasteiger partial charge on any atom is 0.236 e. The van der Waals surface area contributed by atoms with Gasteiger partial charge in [-0.3, -0.25) is 0 Å². The van der Waals surface area contributed by atoms with E-state index in [9.17, 15) is 16.8 Å². The molecule has 1 aliphatic rings. The number of hydrogen-bond donors (Lipinski definition) is 0. The highest BCUT2D eigenvalue weighted by atomic mass is 35.5. The molecule has 0 aromatic heterocycles. The van der Waals surface area contributed by atoms with E-state index in [1.165, 1.54) is 10.4 Å². The summed E-state index contributed by atoms with van der Waals surface area (Å²) in [5.41, 5.74) is 0.716. The largest absolute Gasteiger partial charge is 0.236 e. The van der Waals surface area contributed by atoms with Crippen LogP contribution in [0.3, 0.4) is 0 Å². The summed E-state index contributed by atoms with van der Waals surface area (Å²) >= 11 is 5.80. The molecule has 5 nitrogen and oxygen atoms in total. The summed E-state index contributed by atoms with van der Waals surface area (Å²) in [7, 11) is -6.81. The highest BCUT2D eigenvalue weighted by Gasteiger charge is 2.36. The molecule has 0 N–H and O–H groups in total. The number of nitrogens with zero attached hydrogens (tertiary/aromatic N) is 1. The standard InChI is InChI=1S/C15H20ClNO4S2/c1-2-9-17(15-8-10-22(18,19)12-15)23(20,21)11-7-13-3-5-14(16)6-4-13/h3-7,11,15H,2,8-10,12H2,1H3/b11-7+. The Bertz CT molecular complexity index is 770. The average Bonchev–Trinajstić information content (AvgIpc) is 2.84. The van der Waals surface area contributed by atoms with Gasteiger partial charge >= 0.3 is 0 Å². The van der Waals surface area contributed by atoms with Crippen LogP contribution in [0.4, 0.5) is 0 Å². The van der Waals surface area contributed by atoms with Crippen LogP contribution >= 0.6 is 11.6 Å². The fourth-order valence-corrected chi connectivity index (χ4v) is 6.03. The van der Waals surface area contributed by atoms with Crippen LogP contribution in [0.15, 0.2) is 29.7 Å². The Morgan fingerprint density at radius 2 is 1.96 bits per heavy atom. The molecule has 1 aromatic rings. The third-order valence-corrected chi connectivity index (χ3v) is 7.31. The lowest BCUT2D eigenvalue weighted by atomic mass is 10.2. The summed E-state index contributed by atoms with van der Waals surface area (Å²) in [6, 6.07) is 6.33. The molecule has 1 atom stereocenters. The van der Waals surface area contributed by atoms with Gasteiger partial charge in [-0.1, -0.05) is 30.7 Å². The Kier molecular flexibility index (Phi) is 5.89. The lowest BCUT2D eigenvalue weighted by Gasteiger charge is -2.25. The number of hydrogen-bond acceptors (Lipinski definition) is 4. The van der Waals surface area contributed by atoms with E-state index in [2.05, 4.69) is 0 Å². The normalized spacial score (nSPS) is 21.3. The number of halogens is 1. The van der Waals surface area contributed by atoms with Gasteiger partial charge < -0.3 is 0 Å². The molecular weight excluding hydrogens is 358 g/mol. The zero-order valence-electron chi connectivity index (χ0n) is 12.9.